The summed E-state index contributed by atoms with van der Waals surface area (Å²) in [4.78, 5) is 10.4. The van der Waals surface area contributed by atoms with Crippen molar-refractivity contribution in [3.8, 4) is 5.88 Å². The molecule has 1 atom stereocenters. The predicted octanol–water partition coefficient (Wildman–Crippen LogP) is 1.18. The van der Waals surface area contributed by atoms with Gasteiger partial charge in [0.15, 0.2) is 0 Å². The van der Waals surface area contributed by atoms with Gasteiger partial charge in [-0.15, -0.1) is 0 Å². The van der Waals surface area contributed by atoms with E-state index in [-0.39, 0.29) is 17.7 Å². The van der Waals surface area contributed by atoms with E-state index in [0.29, 0.717) is 13.2 Å². The summed E-state index contributed by atoms with van der Waals surface area (Å²) in [6.45, 7) is 5.06. The number of carboxylic acids is 1. The minimum Gasteiger partial charge on any atom is -0.475 e. The van der Waals surface area contributed by atoms with Crippen LogP contribution in [0.3, 0.4) is 0 Å². The molecule has 0 bridgehead atoms. The lowest BCUT2D eigenvalue weighted by Gasteiger charge is -1.95. The fraction of sp³-hybridized carbons (Fsp3) is 0.556. The molecule has 1 N–H and O–H groups in total. The molecule has 1 aliphatic rings. The number of ether oxygens (including phenoxy) is 2. The second-order valence-electron chi connectivity index (χ2n) is 2.60. The standard InChI is InChI=1S/C7H7NO5.C2H6/c9-7(10)5-1-6(8-13-5)12-3-4-2-11-4;1-2/h1,4H,2-3H2,(H,9,10);1-2H3. The quantitative estimate of drug-likeness (QED) is 0.759. The van der Waals surface area contributed by atoms with Crippen LogP contribution in [0.25, 0.3) is 0 Å². The molecule has 6 nitrogen and oxygen atoms in total. The molecule has 0 aliphatic carbocycles. The molecular weight excluding hydrogens is 202 g/mol. The number of epoxide rings is 1. The van der Waals surface area contributed by atoms with Crippen molar-refractivity contribution < 1.29 is 23.9 Å². The topological polar surface area (TPSA) is 85.1 Å². The molecule has 0 saturated carbocycles. The molecule has 2 heterocycles. The molecule has 1 aromatic rings. The number of aromatic carboxylic acids is 1. The van der Waals surface area contributed by atoms with Crippen molar-refractivity contribution in [3.05, 3.63) is 11.8 Å². The van der Waals surface area contributed by atoms with Crippen molar-refractivity contribution in [2.75, 3.05) is 13.2 Å². The van der Waals surface area contributed by atoms with Crippen LogP contribution in [0.4, 0.5) is 0 Å². The van der Waals surface area contributed by atoms with Crippen LogP contribution in [0.2, 0.25) is 0 Å². The smallest absolute Gasteiger partial charge is 0.374 e. The average molecular weight is 215 g/mol. The minimum absolute atomic E-state index is 0.116. The SMILES string of the molecule is CC.O=C(O)c1cc(OCC2CO2)no1. The maximum absolute atomic E-state index is 10.4. The maximum Gasteiger partial charge on any atom is 0.374 e. The summed E-state index contributed by atoms with van der Waals surface area (Å²) in [6, 6.07) is 1.23. The largest absolute Gasteiger partial charge is 0.475 e. The van der Waals surface area contributed by atoms with E-state index in [1.54, 1.807) is 0 Å². The minimum atomic E-state index is -1.16. The normalized spacial score (nSPS) is 17.6. The van der Waals surface area contributed by atoms with Crippen molar-refractivity contribution in [2.24, 2.45) is 0 Å². The molecule has 0 amide bonds. The second-order valence-corrected chi connectivity index (χ2v) is 2.60. The molecular formula is C9H13NO5. The van der Waals surface area contributed by atoms with Crippen molar-refractivity contribution in [1.82, 2.24) is 5.16 Å². The Morgan fingerprint density at radius 3 is 2.87 bits per heavy atom. The molecule has 1 unspecified atom stereocenters. The van der Waals surface area contributed by atoms with Crippen LogP contribution in [0.15, 0.2) is 10.6 Å². The zero-order valence-corrected chi connectivity index (χ0v) is 8.60. The first-order valence-corrected chi connectivity index (χ1v) is 4.70. The fourth-order valence-corrected chi connectivity index (χ4v) is 0.770. The molecule has 1 aromatic heterocycles. The van der Waals surface area contributed by atoms with Gasteiger partial charge in [-0.25, -0.2) is 4.79 Å². The van der Waals surface area contributed by atoms with Crippen molar-refractivity contribution in [1.29, 1.82) is 0 Å². The predicted molar refractivity (Wildman–Crippen MR) is 50.0 cm³/mol. The van der Waals surface area contributed by atoms with Gasteiger partial charge >= 0.3 is 5.97 Å². The number of carboxylic acid groups (broad SMARTS) is 1. The third-order valence-corrected chi connectivity index (χ3v) is 1.52. The summed E-state index contributed by atoms with van der Waals surface area (Å²) in [5.41, 5.74) is 0. The van der Waals surface area contributed by atoms with Crippen molar-refractivity contribution in [3.63, 3.8) is 0 Å². The van der Waals surface area contributed by atoms with Gasteiger partial charge in [0, 0.05) is 0 Å². The van der Waals surface area contributed by atoms with Crippen LogP contribution in [0.5, 0.6) is 5.88 Å². The van der Waals surface area contributed by atoms with Crippen LogP contribution in [0, 0.1) is 0 Å². The number of nitrogens with zero attached hydrogens (tertiary/aromatic N) is 1. The number of rotatable bonds is 4. The monoisotopic (exact) mass is 215 g/mol. The van der Waals surface area contributed by atoms with Crippen LogP contribution >= 0.6 is 0 Å². The zero-order valence-electron chi connectivity index (χ0n) is 8.60. The van der Waals surface area contributed by atoms with Gasteiger partial charge in [0.05, 0.1) is 12.7 Å². The first kappa shape index (κ1) is 11.5. The van der Waals surface area contributed by atoms with Gasteiger partial charge in [-0.05, 0) is 5.16 Å². The summed E-state index contributed by atoms with van der Waals surface area (Å²) in [5, 5.41) is 11.9. The highest BCUT2D eigenvalue weighted by Gasteiger charge is 2.24. The molecule has 2 rings (SSSR count). The summed E-state index contributed by atoms with van der Waals surface area (Å²) in [5.74, 6) is -1.22. The zero-order chi connectivity index (χ0) is 11.3. The van der Waals surface area contributed by atoms with Gasteiger partial charge < -0.3 is 19.1 Å². The molecule has 84 valence electrons. The summed E-state index contributed by atoms with van der Waals surface area (Å²) < 4.78 is 14.4. The number of carbonyl (C=O) groups is 1. The van der Waals surface area contributed by atoms with E-state index in [1.807, 2.05) is 13.8 Å². The highest BCUT2D eigenvalue weighted by Crippen LogP contribution is 2.14. The Hall–Kier alpha value is -1.56. The second kappa shape index (κ2) is 5.35. The highest BCUT2D eigenvalue weighted by atomic mass is 16.6. The van der Waals surface area contributed by atoms with Gasteiger partial charge in [-0.1, -0.05) is 13.8 Å². The first-order chi connectivity index (χ1) is 7.25. The van der Waals surface area contributed by atoms with Gasteiger partial charge in [-0.3, -0.25) is 0 Å². The van der Waals surface area contributed by atoms with Gasteiger partial charge in [0.1, 0.15) is 12.7 Å². The first-order valence-electron chi connectivity index (χ1n) is 4.70. The van der Waals surface area contributed by atoms with E-state index in [0.717, 1.165) is 0 Å². The summed E-state index contributed by atoms with van der Waals surface area (Å²) in [6.07, 6.45) is 0.116. The van der Waals surface area contributed by atoms with E-state index in [1.165, 1.54) is 6.07 Å². The lowest BCUT2D eigenvalue weighted by molar-refractivity contribution is 0.0651. The van der Waals surface area contributed by atoms with Crippen molar-refractivity contribution >= 4 is 5.97 Å². The number of aromatic nitrogens is 1. The fourth-order valence-electron chi connectivity index (χ4n) is 0.770. The van der Waals surface area contributed by atoms with Gasteiger partial charge in [0.25, 0.3) is 5.88 Å². The van der Waals surface area contributed by atoms with Crippen molar-refractivity contribution in [2.45, 2.75) is 20.0 Å². The molecule has 0 aromatic carbocycles. The Morgan fingerprint density at radius 2 is 2.40 bits per heavy atom. The summed E-state index contributed by atoms with van der Waals surface area (Å²) >= 11 is 0. The summed E-state index contributed by atoms with van der Waals surface area (Å²) in [7, 11) is 0. The Labute approximate surface area is 86.8 Å². The van der Waals surface area contributed by atoms with E-state index in [2.05, 4.69) is 9.68 Å². The molecule has 0 spiro atoms. The maximum atomic E-state index is 10.4. The van der Waals surface area contributed by atoms with Crippen LogP contribution in [0.1, 0.15) is 24.4 Å². The average Bonchev–Trinajstić information content (AvgIpc) is 2.95. The van der Waals surface area contributed by atoms with Gasteiger partial charge in [-0.2, -0.15) is 0 Å². The van der Waals surface area contributed by atoms with Crippen LogP contribution in [-0.2, 0) is 4.74 Å². The number of hydrogen-bond donors (Lipinski definition) is 1. The third-order valence-electron chi connectivity index (χ3n) is 1.52. The number of hydrogen-bond acceptors (Lipinski definition) is 5. The van der Waals surface area contributed by atoms with Crippen LogP contribution in [-0.4, -0.2) is 35.6 Å². The molecule has 0 radical (unpaired) electrons. The molecule has 6 heteroatoms. The third kappa shape index (κ3) is 3.59. The van der Waals surface area contributed by atoms with Crippen LogP contribution < -0.4 is 4.74 Å². The lowest BCUT2D eigenvalue weighted by Crippen LogP contribution is -2.03. The highest BCUT2D eigenvalue weighted by molar-refractivity contribution is 5.84. The Balaban J connectivity index is 0.000000531. The van der Waals surface area contributed by atoms with Gasteiger partial charge in [0.2, 0.25) is 5.76 Å². The molecule has 1 aliphatic heterocycles. The van der Waals surface area contributed by atoms with E-state index in [9.17, 15) is 4.79 Å². The lowest BCUT2D eigenvalue weighted by atomic mass is 10.4. The van der Waals surface area contributed by atoms with E-state index >= 15 is 0 Å². The molecule has 15 heavy (non-hydrogen) atoms. The Bertz CT molecular complexity index is 318. The van der Waals surface area contributed by atoms with E-state index < -0.39 is 5.97 Å². The molecule has 1 fully saturated rings. The Kier molecular flexibility index (Phi) is 4.11. The molecule has 1 saturated heterocycles. The van der Waals surface area contributed by atoms with E-state index in [4.69, 9.17) is 14.6 Å². The Morgan fingerprint density at radius 1 is 1.73 bits per heavy atom.